The Morgan fingerprint density at radius 3 is 2.26 bits per heavy atom. The zero-order chi connectivity index (χ0) is 14.6. The fraction of sp³-hybridized carbons (Fsp3) is 0.667. The minimum atomic E-state index is -0.943. The molecule has 0 radical (unpaired) electrons. The summed E-state index contributed by atoms with van der Waals surface area (Å²) < 4.78 is 0. The first kappa shape index (κ1) is 16.0. The van der Waals surface area contributed by atoms with Crippen LogP contribution < -0.4 is 5.32 Å². The summed E-state index contributed by atoms with van der Waals surface area (Å²) in [6.07, 6.45) is 1.05. The maximum absolute atomic E-state index is 11.0. The van der Waals surface area contributed by atoms with Gasteiger partial charge in [-0.15, -0.1) is 0 Å². The number of aryl methyl sites for hydroxylation is 1. The monoisotopic (exact) mass is 284 g/mol. The topological polar surface area (TPSA) is 49.3 Å². The highest BCUT2D eigenvalue weighted by molar-refractivity contribution is 7.33. The van der Waals surface area contributed by atoms with Crippen LogP contribution in [0.2, 0.25) is 0 Å². The molecule has 1 rings (SSSR count). The standard InChI is InChI=1S/C15H25NO2S/c1-6-19-9-12(7-10(2)3)13(8-11(4)5)14(19)16-15(17)18/h9-11,16H,6-8H2,1-5H3/p+1. The normalized spacial score (nSPS) is 12.3. The van der Waals surface area contributed by atoms with Crippen molar-refractivity contribution in [2.24, 2.45) is 11.8 Å². The number of carbonyl (C=O) groups is 1. The van der Waals surface area contributed by atoms with E-state index in [1.54, 1.807) is 0 Å². The lowest BCUT2D eigenvalue weighted by molar-refractivity contribution is 0.210. The van der Waals surface area contributed by atoms with Gasteiger partial charge in [0.1, 0.15) is 11.1 Å². The van der Waals surface area contributed by atoms with Gasteiger partial charge >= 0.3 is 6.09 Å². The maximum atomic E-state index is 11.0. The van der Waals surface area contributed by atoms with Gasteiger partial charge in [0, 0.05) is 21.6 Å². The molecule has 1 unspecified atom stereocenters. The molecule has 2 N–H and O–H groups in total. The molecule has 108 valence electrons. The van der Waals surface area contributed by atoms with Gasteiger partial charge in [-0.3, -0.25) is 0 Å². The Bertz CT molecular complexity index is 436. The molecule has 0 spiro atoms. The van der Waals surface area contributed by atoms with E-state index >= 15 is 0 Å². The average molecular weight is 284 g/mol. The van der Waals surface area contributed by atoms with Gasteiger partial charge < -0.3 is 5.11 Å². The second kappa shape index (κ2) is 6.94. The van der Waals surface area contributed by atoms with Crippen molar-refractivity contribution in [2.45, 2.75) is 53.2 Å². The smallest absolute Gasteiger partial charge is 0.412 e. The minimum absolute atomic E-state index is 0.0600. The summed E-state index contributed by atoms with van der Waals surface area (Å²) in [6.45, 7) is 10.9. The number of thiophene rings is 1. The van der Waals surface area contributed by atoms with Crippen LogP contribution in [0.4, 0.5) is 9.80 Å². The van der Waals surface area contributed by atoms with Gasteiger partial charge in [0.2, 0.25) is 0 Å². The Morgan fingerprint density at radius 1 is 1.26 bits per heavy atom. The lowest BCUT2D eigenvalue weighted by atomic mass is 9.96. The van der Waals surface area contributed by atoms with E-state index in [0.29, 0.717) is 11.8 Å². The first-order chi connectivity index (χ1) is 8.85. The number of anilines is 1. The van der Waals surface area contributed by atoms with Crippen molar-refractivity contribution < 1.29 is 9.90 Å². The molecule has 0 saturated heterocycles. The SMILES string of the molecule is CC[s+]1cc(CC(C)C)c(CC(C)C)c1NC(=O)O. The van der Waals surface area contributed by atoms with E-state index in [4.69, 9.17) is 5.11 Å². The van der Waals surface area contributed by atoms with Crippen LogP contribution in [0.25, 0.3) is 0 Å². The van der Waals surface area contributed by atoms with Gasteiger partial charge in [-0.1, -0.05) is 27.7 Å². The molecule has 4 heteroatoms. The van der Waals surface area contributed by atoms with Crippen LogP contribution in [0.5, 0.6) is 0 Å². The molecular weight excluding hydrogens is 258 g/mol. The summed E-state index contributed by atoms with van der Waals surface area (Å²) in [4.78, 5) is 11.0. The molecule has 0 aromatic carbocycles. The average Bonchev–Trinajstić information content (AvgIpc) is 2.55. The van der Waals surface area contributed by atoms with Crippen molar-refractivity contribution in [2.75, 3.05) is 5.32 Å². The minimum Gasteiger partial charge on any atom is -0.465 e. The molecule has 0 aliphatic heterocycles. The van der Waals surface area contributed by atoms with Crippen LogP contribution in [-0.4, -0.2) is 11.2 Å². The number of hydrogen-bond donors (Lipinski definition) is 2. The van der Waals surface area contributed by atoms with Gasteiger partial charge in [0.25, 0.3) is 5.00 Å². The third-order valence-electron chi connectivity index (χ3n) is 2.98. The van der Waals surface area contributed by atoms with Gasteiger partial charge in [-0.05, 0) is 31.6 Å². The van der Waals surface area contributed by atoms with Crippen molar-refractivity contribution in [1.82, 2.24) is 0 Å². The van der Waals surface area contributed by atoms with Crippen LogP contribution in [0.1, 0.15) is 45.7 Å². The number of carboxylic acid groups (broad SMARTS) is 1. The molecule has 1 heterocycles. The van der Waals surface area contributed by atoms with E-state index in [9.17, 15) is 4.79 Å². The highest BCUT2D eigenvalue weighted by atomic mass is 32.2. The lowest BCUT2D eigenvalue weighted by Gasteiger charge is -2.08. The molecule has 0 fully saturated rings. The summed E-state index contributed by atoms with van der Waals surface area (Å²) in [6, 6.07) is 0. The van der Waals surface area contributed by atoms with E-state index in [1.807, 2.05) is 0 Å². The quantitative estimate of drug-likeness (QED) is 0.727. The van der Waals surface area contributed by atoms with E-state index in [2.05, 4.69) is 45.3 Å². The Hall–Kier alpha value is -1.03. The summed E-state index contributed by atoms with van der Waals surface area (Å²) in [5.41, 5.74) is 2.61. The second-order valence-corrected chi connectivity index (χ2v) is 7.87. The molecule has 0 saturated carbocycles. The molecular formula is C15H26NO2S+. The first-order valence-electron chi connectivity index (χ1n) is 6.99. The Balaban J connectivity index is 3.22. The van der Waals surface area contributed by atoms with Gasteiger partial charge in [-0.2, -0.15) is 0 Å². The van der Waals surface area contributed by atoms with Gasteiger partial charge in [0.15, 0.2) is 0 Å². The Labute approximate surface area is 119 Å². The fourth-order valence-corrected chi connectivity index (χ4v) is 4.22. The van der Waals surface area contributed by atoms with Crippen LogP contribution >= 0.6 is 10.5 Å². The van der Waals surface area contributed by atoms with Crippen molar-refractivity contribution in [1.29, 1.82) is 0 Å². The van der Waals surface area contributed by atoms with Gasteiger partial charge in [-0.25, -0.2) is 10.1 Å². The van der Waals surface area contributed by atoms with E-state index in [-0.39, 0.29) is 10.5 Å². The van der Waals surface area contributed by atoms with Crippen LogP contribution in [0.15, 0.2) is 5.38 Å². The molecule has 0 bridgehead atoms. The van der Waals surface area contributed by atoms with Crippen molar-refractivity contribution in [3.63, 3.8) is 0 Å². The zero-order valence-corrected chi connectivity index (χ0v) is 13.4. The van der Waals surface area contributed by atoms with E-state index in [0.717, 1.165) is 23.6 Å². The summed E-state index contributed by atoms with van der Waals surface area (Å²) in [7, 11) is -0.0600. The summed E-state index contributed by atoms with van der Waals surface area (Å²) in [5.74, 6) is 2.11. The number of nitrogens with one attached hydrogen (secondary N) is 1. The molecule has 1 aromatic heterocycles. The summed E-state index contributed by atoms with van der Waals surface area (Å²) in [5, 5.41) is 14.9. The Kier molecular flexibility index (Phi) is 5.85. The third-order valence-corrected chi connectivity index (χ3v) is 5.04. The van der Waals surface area contributed by atoms with Gasteiger partial charge in [0.05, 0.1) is 0 Å². The lowest BCUT2D eigenvalue weighted by Crippen LogP contribution is -2.10. The second-order valence-electron chi connectivity index (χ2n) is 5.79. The number of hydrogen-bond acceptors (Lipinski definition) is 1. The fourth-order valence-electron chi connectivity index (χ4n) is 2.31. The third kappa shape index (κ3) is 4.53. The van der Waals surface area contributed by atoms with Crippen LogP contribution in [0.3, 0.4) is 0 Å². The van der Waals surface area contributed by atoms with E-state index < -0.39 is 6.09 Å². The molecule has 1 amide bonds. The molecule has 1 aromatic rings. The molecule has 3 nitrogen and oxygen atoms in total. The van der Waals surface area contributed by atoms with Crippen molar-refractivity contribution in [3.05, 3.63) is 16.5 Å². The predicted octanol–water partition coefficient (Wildman–Crippen LogP) is 4.94. The van der Waals surface area contributed by atoms with Crippen LogP contribution in [-0.2, 0) is 18.6 Å². The zero-order valence-electron chi connectivity index (χ0n) is 12.6. The van der Waals surface area contributed by atoms with Crippen LogP contribution in [0, 0.1) is 11.8 Å². The molecule has 0 aliphatic carbocycles. The highest BCUT2D eigenvalue weighted by Gasteiger charge is 2.26. The number of rotatable bonds is 6. The largest absolute Gasteiger partial charge is 0.465 e. The summed E-state index contributed by atoms with van der Waals surface area (Å²) >= 11 is 0. The molecule has 0 aliphatic rings. The molecule has 19 heavy (non-hydrogen) atoms. The maximum Gasteiger partial charge on any atom is 0.412 e. The first-order valence-corrected chi connectivity index (χ1v) is 8.44. The number of amides is 1. The van der Waals surface area contributed by atoms with Crippen molar-refractivity contribution in [3.8, 4) is 0 Å². The predicted molar refractivity (Wildman–Crippen MR) is 83.3 cm³/mol. The van der Waals surface area contributed by atoms with E-state index in [1.165, 1.54) is 11.1 Å². The van der Waals surface area contributed by atoms with Crippen molar-refractivity contribution >= 4 is 21.6 Å². The Morgan fingerprint density at radius 2 is 1.84 bits per heavy atom. The molecule has 1 atom stereocenters. The highest BCUT2D eigenvalue weighted by Crippen LogP contribution is 2.41.